The molecule has 166 valence electrons. The fraction of sp³-hybridized carbons (Fsp3) is 0.100. The summed E-state index contributed by atoms with van der Waals surface area (Å²) in [5.41, 5.74) is 1.63. The lowest BCUT2D eigenvalue weighted by molar-refractivity contribution is -0.384. The van der Waals surface area contributed by atoms with E-state index < -0.39 is 11.0 Å². The molecule has 0 spiro atoms. The smallest absolute Gasteiger partial charge is 0.436 e. The second-order valence-electron chi connectivity index (χ2n) is 6.54. The standard InChI is InChI=1S/C20H16N8O5/c1-27(20(29)33-15-9-7-14(8-10-15)28(30)31)26-25-19-23-17-16(21-12-22-17)18(24-19)32-11-13-5-3-2-4-6-13/h2-10,12H,11H2,1H3,(H,21,22,23,24)/b26-25+. The Bertz CT molecular complexity index is 1310. The van der Waals surface area contributed by atoms with Gasteiger partial charge in [0.15, 0.2) is 5.65 Å². The quantitative estimate of drug-likeness (QED) is 0.252. The first-order valence-corrected chi connectivity index (χ1v) is 9.49. The van der Waals surface area contributed by atoms with Crippen LogP contribution < -0.4 is 9.47 Å². The zero-order chi connectivity index (χ0) is 23.2. The number of carbonyl (C=O) groups excluding carboxylic acids is 1. The number of aromatic nitrogens is 4. The molecule has 1 amide bonds. The Labute approximate surface area is 185 Å². The first kappa shape index (κ1) is 21.3. The van der Waals surface area contributed by atoms with E-state index in [4.69, 9.17) is 9.47 Å². The molecule has 0 atom stereocenters. The number of aromatic amines is 1. The van der Waals surface area contributed by atoms with E-state index in [0.29, 0.717) is 11.2 Å². The number of nitrogens with zero attached hydrogens (tertiary/aromatic N) is 7. The van der Waals surface area contributed by atoms with Crippen LogP contribution in [-0.4, -0.2) is 43.0 Å². The first-order chi connectivity index (χ1) is 16.0. The lowest BCUT2D eigenvalue weighted by Crippen LogP contribution is -2.24. The van der Waals surface area contributed by atoms with Crippen LogP contribution in [0, 0.1) is 10.1 Å². The summed E-state index contributed by atoms with van der Waals surface area (Å²) in [6.07, 6.45) is 0.581. The normalized spacial score (nSPS) is 10.9. The maximum atomic E-state index is 12.2. The molecule has 0 radical (unpaired) electrons. The van der Waals surface area contributed by atoms with Crippen molar-refractivity contribution in [1.82, 2.24) is 24.9 Å². The SMILES string of the molecule is CN(/N=N/c1nc(OCc2ccccc2)c2[nH]cnc2n1)C(=O)Oc1ccc([N+](=O)[O-])cc1. The van der Waals surface area contributed by atoms with Crippen LogP contribution in [-0.2, 0) is 6.61 Å². The molecule has 0 saturated heterocycles. The van der Waals surface area contributed by atoms with Crippen molar-refractivity contribution in [1.29, 1.82) is 0 Å². The molecule has 13 heteroatoms. The van der Waals surface area contributed by atoms with Gasteiger partial charge in [0, 0.05) is 19.2 Å². The number of hydrogen-bond acceptors (Lipinski definition) is 10. The number of fused-ring (bicyclic) bond motifs is 1. The third kappa shape index (κ3) is 5.22. The summed E-state index contributed by atoms with van der Waals surface area (Å²) in [5.74, 6) is 0.262. The van der Waals surface area contributed by atoms with Crippen molar-refractivity contribution in [3.05, 3.63) is 76.6 Å². The molecular weight excluding hydrogens is 432 g/mol. The number of H-pyrrole nitrogens is 1. The highest BCUT2D eigenvalue weighted by Crippen LogP contribution is 2.23. The molecule has 4 aromatic rings. The molecule has 0 aliphatic carbocycles. The van der Waals surface area contributed by atoms with Gasteiger partial charge in [-0.2, -0.15) is 15.0 Å². The maximum absolute atomic E-state index is 12.2. The van der Waals surface area contributed by atoms with Gasteiger partial charge in [-0.15, -0.1) is 0 Å². The molecule has 0 bridgehead atoms. The summed E-state index contributed by atoms with van der Waals surface area (Å²) in [6, 6.07) is 14.6. The zero-order valence-corrected chi connectivity index (χ0v) is 17.2. The fourth-order valence-corrected chi connectivity index (χ4v) is 2.62. The number of benzene rings is 2. The van der Waals surface area contributed by atoms with Crippen LogP contribution in [0.25, 0.3) is 11.2 Å². The van der Waals surface area contributed by atoms with Crippen molar-refractivity contribution in [3.8, 4) is 11.6 Å². The minimum absolute atomic E-state index is 0.0763. The molecule has 4 rings (SSSR count). The summed E-state index contributed by atoms with van der Waals surface area (Å²) < 4.78 is 10.9. The summed E-state index contributed by atoms with van der Waals surface area (Å²) in [6.45, 7) is 0.268. The minimum Gasteiger partial charge on any atom is -0.471 e. The highest BCUT2D eigenvalue weighted by molar-refractivity contribution is 5.76. The Morgan fingerprint density at radius 2 is 1.91 bits per heavy atom. The van der Waals surface area contributed by atoms with E-state index in [1.807, 2.05) is 30.3 Å². The molecule has 2 heterocycles. The molecule has 0 fully saturated rings. The second kappa shape index (κ2) is 9.47. The predicted octanol–water partition coefficient (Wildman–Crippen LogP) is 3.97. The van der Waals surface area contributed by atoms with Crippen molar-refractivity contribution in [3.63, 3.8) is 0 Å². The molecule has 33 heavy (non-hydrogen) atoms. The Kier molecular flexibility index (Phi) is 6.11. The van der Waals surface area contributed by atoms with Gasteiger partial charge in [0.1, 0.15) is 17.9 Å². The number of amides is 1. The molecule has 1 N–H and O–H groups in total. The Morgan fingerprint density at radius 3 is 2.64 bits per heavy atom. The van der Waals surface area contributed by atoms with Crippen molar-refractivity contribution < 1.29 is 19.2 Å². The van der Waals surface area contributed by atoms with Crippen LogP contribution in [0.2, 0.25) is 0 Å². The van der Waals surface area contributed by atoms with Crippen LogP contribution in [0.5, 0.6) is 11.6 Å². The van der Waals surface area contributed by atoms with Crippen molar-refractivity contribution in [2.24, 2.45) is 10.3 Å². The summed E-state index contributed by atoms with van der Waals surface area (Å²) in [5, 5.41) is 19.1. The number of nitrogens with one attached hydrogen (secondary N) is 1. The average Bonchev–Trinajstić information content (AvgIpc) is 3.31. The monoisotopic (exact) mass is 448 g/mol. The average molecular weight is 448 g/mol. The van der Waals surface area contributed by atoms with E-state index in [1.54, 1.807) is 0 Å². The lowest BCUT2D eigenvalue weighted by atomic mass is 10.2. The summed E-state index contributed by atoms with van der Waals surface area (Å²) in [7, 11) is 1.32. The van der Waals surface area contributed by atoms with Gasteiger partial charge in [0.25, 0.3) is 11.6 Å². The van der Waals surface area contributed by atoms with Gasteiger partial charge in [0.05, 0.1) is 11.3 Å². The number of non-ortho nitro benzene ring substituents is 1. The number of nitro benzene ring substituents is 1. The van der Waals surface area contributed by atoms with E-state index >= 15 is 0 Å². The fourth-order valence-electron chi connectivity index (χ4n) is 2.62. The highest BCUT2D eigenvalue weighted by atomic mass is 16.6. The number of ether oxygens (including phenoxy) is 2. The van der Waals surface area contributed by atoms with Crippen molar-refractivity contribution in [2.45, 2.75) is 6.61 Å². The molecule has 0 unspecified atom stereocenters. The van der Waals surface area contributed by atoms with E-state index in [-0.39, 0.29) is 29.9 Å². The number of rotatable bonds is 7. The van der Waals surface area contributed by atoms with E-state index in [2.05, 4.69) is 30.3 Å². The van der Waals surface area contributed by atoms with Crippen LogP contribution in [0.15, 0.2) is 71.3 Å². The van der Waals surface area contributed by atoms with Crippen molar-refractivity contribution in [2.75, 3.05) is 7.05 Å². The van der Waals surface area contributed by atoms with Crippen LogP contribution in [0.4, 0.5) is 16.4 Å². The van der Waals surface area contributed by atoms with Gasteiger partial charge in [-0.25, -0.2) is 9.78 Å². The Morgan fingerprint density at radius 1 is 1.15 bits per heavy atom. The zero-order valence-electron chi connectivity index (χ0n) is 17.2. The molecule has 13 nitrogen and oxygen atoms in total. The molecular formula is C20H16N8O5. The Balaban J connectivity index is 1.45. The van der Waals surface area contributed by atoms with Crippen LogP contribution >= 0.6 is 0 Å². The van der Waals surface area contributed by atoms with Crippen molar-refractivity contribution >= 4 is 28.9 Å². The van der Waals surface area contributed by atoms with E-state index in [0.717, 1.165) is 10.6 Å². The van der Waals surface area contributed by atoms with Gasteiger partial charge in [-0.05, 0) is 17.7 Å². The minimum atomic E-state index is -0.867. The number of hydrogen-bond donors (Lipinski definition) is 1. The third-order valence-electron chi connectivity index (χ3n) is 4.24. The van der Waals surface area contributed by atoms with Gasteiger partial charge >= 0.3 is 6.09 Å². The highest BCUT2D eigenvalue weighted by Gasteiger charge is 2.14. The molecule has 2 aromatic heterocycles. The molecule has 0 saturated carbocycles. The second-order valence-corrected chi connectivity index (χ2v) is 6.54. The van der Waals surface area contributed by atoms with Gasteiger partial charge in [0.2, 0.25) is 5.88 Å². The molecule has 0 aliphatic rings. The molecule has 0 aliphatic heterocycles. The Hall–Kier alpha value is -4.94. The predicted molar refractivity (Wildman–Crippen MR) is 114 cm³/mol. The third-order valence-corrected chi connectivity index (χ3v) is 4.24. The number of carbonyl (C=O) groups is 1. The van der Waals surface area contributed by atoms with Crippen LogP contribution in [0.1, 0.15) is 5.56 Å². The summed E-state index contributed by atoms with van der Waals surface area (Å²) >= 11 is 0. The number of imidazole rings is 1. The van der Waals surface area contributed by atoms with Crippen LogP contribution in [0.3, 0.4) is 0 Å². The summed E-state index contributed by atoms with van der Waals surface area (Å²) in [4.78, 5) is 37.7. The topological polar surface area (TPSA) is 161 Å². The maximum Gasteiger partial charge on any atom is 0.436 e. The molecule has 2 aromatic carbocycles. The largest absolute Gasteiger partial charge is 0.471 e. The van der Waals surface area contributed by atoms with Gasteiger partial charge < -0.3 is 14.5 Å². The van der Waals surface area contributed by atoms with Gasteiger partial charge in [-0.3, -0.25) is 10.1 Å². The first-order valence-electron chi connectivity index (χ1n) is 9.49. The number of nitro groups is 1. The van der Waals surface area contributed by atoms with E-state index in [9.17, 15) is 14.9 Å². The lowest BCUT2D eigenvalue weighted by Gasteiger charge is -2.10. The van der Waals surface area contributed by atoms with E-state index in [1.165, 1.54) is 37.6 Å². The van der Waals surface area contributed by atoms with Gasteiger partial charge in [-0.1, -0.05) is 40.7 Å².